The number of carbonyl (C=O) groups excluding carboxylic acids is 1. The number of carbonyl (C=O) groups is 1. The van der Waals surface area contributed by atoms with Crippen LogP contribution >= 0.6 is 0 Å². The fraction of sp³-hybridized carbons (Fsp3) is 0.526. The first-order chi connectivity index (χ1) is 10.6. The molecule has 0 bridgehead atoms. The van der Waals surface area contributed by atoms with Gasteiger partial charge in [-0.3, -0.25) is 4.79 Å². The molecule has 1 N–H and O–H groups in total. The zero-order valence-electron chi connectivity index (χ0n) is 13.9. The maximum Gasteiger partial charge on any atom is 0.227 e. The van der Waals surface area contributed by atoms with Crippen LogP contribution in [-0.4, -0.2) is 13.0 Å². The highest BCUT2D eigenvalue weighted by atomic mass is 16.5. The Morgan fingerprint density at radius 2 is 2.05 bits per heavy atom. The van der Waals surface area contributed by atoms with Crippen LogP contribution in [0.4, 0.5) is 5.69 Å². The molecule has 1 aromatic carbocycles. The number of amides is 1. The van der Waals surface area contributed by atoms with Crippen LogP contribution in [0.25, 0.3) is 6.08 Å². The summed E-state index contributed by atoms with van der Waals surface area (Å²) in [6.45, 7) is 4.24. The van der Waals surface area contributed by atoms with E-state index in [0.717, 1.165) is 36.3 Å². The highest BCUT2D eigenvalue weighted by molar-refractivity contribution is 5.93. The molecule has 3 nitrogen and oxygen atoms in total. The number of hydrogen-bond donors (Lipinski definition) is 1. The van der Waals surface area contributed by atoms with Gasteiger partial charge in [-0.1, -0.05) is 37.8 Å². The quantitative estimate of drug-likeness (QED) is 0.828. The Hall–Kier alpha value is -1.77. The highest BCUT2D eigenvalue weighted by Crippen LogP contribution is 2.28. The molecule has 1 saturated carbocycles. The minimum Gasteiger partial charge on any atom is -0.496 e. The third kappa shape index (κ3) is 4.36. The Labute approximate surface area is 133 Å². The number of hydrogen-bond acceptors (Lipinski definition) is 2. The molecule has 22 heavy (non-hydrogen) atoms. The molecule has 1 aromatic rings. The summed E-state index contributed by atoms with van der Waals surface area (Å²) in [7, 11) is 1.67. The van der Waals surface area contributed by atoms with Crippen molar-refractivity contribution in [2.45, 2.75) is 52.4 Å². The minimum atomic E-state index is 0.159. The average Bonchev–Trinajstić information content (AvgIpc) is 2.55. The molecule has 0 atom stereocenters. The Morgan fingerprint density at radius 3 is 2.68 bits per heavy atom. The lowest BCUT2D eigenvalue weighted by atomic mass is 9.88. The van der Waals surface area contributed by atoms with Gasteiger partial charge in [0, 0.05) is 17.2 Å². The van der Waals surface area contributed by atoms with Crippen LogP contribution in [0.1, 0.15) is 57.9 Å². The van der Waals surface area contributed by atoms with E-state index < -0.39 is 0 Å². The molecule has 0 saturated heterocycles. The molecule has 0 spiro atoms. The number of anilines is 1. The Bertz CT molecular complexity index is 542. The maximum atomic E-state index is 12.4. The molecule has 3 heteroatoms. The molecule has 1 aliphatic carbocycles. The molecule has 0 radical (unpaired) electrons. The second-order valence-electron chi connectivity index (χ2n) is 6.13. The normalized spacial score (nSPS) is 16.4. The molecule has 2 rings (SSSR count). The summed E-state index contributed by atoms with van der Waals surface area (Å²) in [4.78, 5) is 12.4. The molecule has 120 valence electrons. The summed E-state index contributed by atoms with van der Waals surface area (Å²) in [5.74, 6) is 1.17. The van der Waals surface area contributed by atoms with Crippen LogP contribution in [0, 0.1) is 5.92 Å². The van der Waals surface area contributed by atoms with Crippen molar-refractivity contribution < 1.29 is 9.53 Å². The number of allylic oxidation sites excluding steroid dienone is 1. The summed E-state index contributed by atoms with van der Waals surface area (Å²) in [6, 6.07) is 5.84. The van der Waals surface area contributed by atoms with Crippen molar-refractivity contribution in [3.05, 3.63) is 29.3 Å². The first kappa shape index (κ1) is 16.6. The molecule has 0 heterocycles. The summed E-state index contributed by atoms with van der Waals surface area (Å²) in [6.07, 6.45) is 8.76. The van der Waals surface area contributed by atoms with Crippen LogP contribution in [0.2, 0.25) is 0 Å². The largest absolute Gasteiger partial charge is 0.496 e. The predicted octanol–water partition coefficient (Wildman–Crippen LogP) is 5.03. The van der Waals surface area contributed by atoms with E-state index in [1.165, 1.54) is 24.8 Å². The Balaban J connectivity index is 2.14. The number of benzene rings is 1. The van der Waals surface area contributed by atoms with Crippen molar-refractivity contribution in [3.63, 3.8) is 0 Å². The van der Waals surface area contributed by atoms with E-state index in [1.54, 1.807) is 7.11 Å². The topological polar surface area (TPSA) is 38.3 Å². The smallest absolute Gasteiger partial charge is 0.227 e. The van der Waals surface area contributed by atoms with Crippen LogP contribution in [0.5, 0.6) is 5.75 Å². The van der Waals surface area contributed by atoms with Crippen molar-refractivity contribution in [2.24, 2.45) is 5.92 Å². The summed E-state index contributed by atoms with van der Waals surface area (Å²) >= 11 is 0. The predicted molar refractivity (Wildman–Crippen MR) is 92.1 cm³/mol. The molecular formula is C19H27NO2. The van der Waals surface area contributed by atoms with E-state index in [1.807, 2.05) is 18.2 Å². The molecule has 1 fully saturated rings. The molecule has 1 aliphatic rings. The number of nitrogens with one attached hydrogen (secondary N) is 1. The maximum absolute atomic E-state index is 12.4. The van der Waals surface area contributed by atoms with Crippen LogP contribution in [-0.2, 0) is 4.79 Å². The lowest BCUT2D eigenvalue weighted by Crippen LogP contribution is -2.24. The minimum absolute atomic E-state index is 0.159. The van der Waals surface area contributed by atoms with Gasteiger partial charge < -0.3 is 10.1 Å². The molecule has 1 amide bonds. The van der Waals surface area contributed by atoms with Gasteiger partial charge in [-0.05, 0) is 44.4 Å². The van der Waals surface area contributed by atoms with Crippen molar-refractivity contribution in [2.75, 3.05) is 12.4 Å². The zero-order chi connectivity index (χ0) is 15.9. The van der Waals surface area contributed by atoms with E-state index in [9.17, 15) is 4.79 Å². The average molecular weight is 301 g/mol. The number of methoxy groups -OCH3 is 1. The molecule has 0 aromatic heterocycles. The zero-order valence-corrected chi connectivity index (χ0v) is 13.9. The molecular weight excluding hydrogens is 274 g/mol. The first-order valence-corrected chi connectivity index (χ1v) is 8.30. The van der Waals surface area contributed by atoms with Gasteiger partial charge in [-0.2, -0.15) is 0 Å². The van der Waals surface area contributed by atoms with Crippen LogP contribution < -0.4 is 10.1 Å². The van der Waals surface area contributed by atoms with Crippen molar-refractivity contribution in [1.82, 2.24) is 0 Å². The van der Waals surface area contributed by atoms with Gasteiger partial charge in [-0.25, -0.2) is 0 Å². The molecule has 0 aliphatic heterocycles. The standard InChI is InChI=1S/C19H27NO2/c1-4-14(2)12-16-13-17(10-11-18(16)22-3)20-19(21)15-8-6-5-7-9-15/h10-13,15H,4-9H2,1-3H3,(H,20,21)/b14-12+. The SMILES string of the molecule is CC/C(C)=C/c1cc(NC(=O)C2CCCCC2)ccc1OC. The third-order valence-corrected chi connectivity index (χ3v) is 4.43. The van der Waals surface area contributed by atoms with Crippen molar-refractivity contribution >= 4 is 17.7 Å². The Morgan fingerprint density at radius 1 is 1.32 bits per heavy atom. The summed E-state index contributed by atoms with van der Waals surface area (Å²) < 4.78 is 5.41. The Kier molecular flexibility index (Phi) is 6.05. The van der Waals surface area contributed by atoms with Gasteiger partial charge in [0.2, 0.25) is 5.91 Å². The van der Waals surface area contributed by atoms with Crippen molar-refractivity contribution in [3.8, 4) is 5.75 Å². The van der Waals surface area contributed by atoms with Gasteiger partial charge >= 0.3 is 0 Å². The van der Waals surface area contributed by atoms with E-state index >= 15 is 0 Å². The van der Waals surface area contributed by atoms with Gasteiger partial charge in [-0.15, -0.1) is 0 Å². The monoisotopic (exact) mass is 301 g/mol. The fourth-order valence-corrected chi connectivity index (χ4v) is 2.90. The van der Waals surface area contributed by atoms with Gasteiger partial charge in [0.05, 0.1) is 7.11 Å². The highest BCUT2D eigenvalue weighted by Gasteiger charge is 2.21. The fourth-order valence-electron chi connectivity index (χ4n) is 2.90. The number of rotatable bonds is 5. The lowest BCUT2D eigenvalue weighted by Gasteiger charge is -2.21. The van der Waals surface area contributed by atoms with Gasteiger partial charge in [0.15, 0.2) is 0 Å². The first-order valence-electron chi connectivity index (χ1n) is 8.30. The second-order valence-corrected chi connectivity index (χ2v) is 6.13. The van der Waals surface area contributed by atoms with Crippen LogP contribution in [0.3, 0.4) is 0 Å². The van der Waals surface area contributed by atoms with E-state index in [4.69, 9.17) is 4.74 Å². The van der Waals surface area contributed by atoms with Gasteiger partial charge in [0.25, 0.3) is 0 Å². The summed E-state index contributed by atoms with van der Waals surface area (Å²) in [5, 5.41) is 3.07. The molecule has 0 unspecified atom stereocenters. The van der Waals surface area contributed by atoms with E-state index in [0.29, 0.717) is 0 Å². The number of ether oxygens (including phenoxy) is 1. The lowest BCUT2D eigenvalue weighted by molar-refractivity contribution is -0.120. The van der Waals surface area contributed by atoms with E-state index in [-0.39, 0.29) is 11.8 Å². The second kappa shape index (κ2) is 8.02. The van der Waals surface area contributed by atoms with Crippen LogP contribution in [0.15, 0.2) is 23.8 Å². The third-order valence-electron chi connectivity index (χ3n) is 4.43. The van der Waals surface area contributed by atoms with Crippen molar-refractivity contribution in [1.29, 1.82) is 0 Å². The van der Waals surface area contributed by atoms with E-state index in [2.05, 4.69) is 25.2 Å². The summed E-state index contributed by atoms with van der Waals surface area (Å²) in [5.41, 5.74) is 3.16. The van der Waals surface area contributed by atoms with Gasteiger partial charge in [0.1, 0.15) is 5.75 Å².